The van der Waals surface area contributed by atoms with Gasteiger partial charge in [-0.05, 0) is 30.5 Å². The van der Waals surface area contributed by atoms with Crippen molar-refractivity contribution in [2.75, 3.05) is 13.7 Å². The van der Waals surface area contributed by atoms with Crippen molar-refractivity contribution < 1.29 is 9.53 Å². The number of benzene rings is 1. The van der Waals surface area contributed by atoms with Gasteiger partial charge in [0.25, 0.3) is 5.91 Å². The van der Waals surface area contributed by atoms with Crippen molar-refractivity contribution >= 4 is 5.91 Å². The Morgan fingerprint density at radius 3 is 3.00 bits per heavy atom. The third-order valence-electron chi connectivity index (χ3n) is 3.05. The molecule has 1 heterocycles. The number of H-pyrrole nitrogens is 1. The smallest absolute Gasteiger partial charge is 0.290 e. The summed E-state index contributed by atoms with van der Waals surface area (Å²) in [5, 5.41) is 9.51. The summed E-state index contributed by atoms with van der Waals surface area (Å²) in [6.07, 6.45) is 2.49. The summed E-state index contributed by atoms with van der Waals surface area (Å²) >= 11 is 0. The molecular weight excluding hydrogens is 268 g/mol. The van der Waals surface area contributed by atoms with Gasteiger partial charge >= 0.3 is 0 Å². The van der Waals surface area contributed by atoms with Crippen LogP contribution in [-0.4, -0.2) is 34.7 Å². The minimum Gasteiger partial charge on any atom is -0.497 e. The fourth-order valence-corrected chi connectivity index (χ4v) is 1.97. The van der Waals surface area contributed by atoms with Gasteiger partial charge in [0, 0.05) is 13.0 Å². The number of amides is 1. The van der Waals surface area contributed by atoms with Crippen LogP contribution in [0.5, 0.6) is 5.75 Å². The van der Waals surface area contributed by atoms with Crippen LogP contribution in [0.4, 0.5) is 0 Å². The number of aromatic amines is 1. The molecule has 0 saturated carbocycles. The normalized spacial score (nSPS) is 10.4. The molecule has 2 N–H and O–H groups in total. The predicted molar refractivity (Wildman–Crippen MR) is 79.4 cm³/mol. The Bertz CT molecular complexity index is 595. The maximum Gasteiger partial charge on any atom is 0.290 e. The number of rotatable bonds is 7. The number of carbonyl (C=O) groups excluding carboxylic acids is 1. The summed E-state index contributed by atoms with van der Waals surface area (Å²) < 4.78 is 5.17. The molecule has 0 bridgehead atoms. The quantitative estimate of drug-likeness (QED) is 0.813. The lowest BCUT2D eigenvalue weighted by molar-refractivity contribution is 0.0944. The highest BCUT2D eigenvalue weighted by Crippen LogP contribution is 2.12. The number of aromatic nitrogens is 3. The molecule has 6 heteroatoms. The highest BCUT2D eigenvalue weighted by molar-refractivity contribution is 5.90. The SMILES string of the molecule is CCCc1nc(C(=O)NCCc2cccc(OC)c2)n[nH]1. The predicted octanol–water partition coefficient (Wildman–Crippen LogP) is 1.74. The molecule has 1 aromatic heterocycles. The van der Waals surface area contributed by atoms with Crippen molar-refractivity contribution in [1.29, 1.82) is 0 Å². The summed E-state index contributed by atoms with van der Waals surface area (Å²) in [7, 11) is 1.64. The molecular formula is C15H20N4O2. The van der Waals surface area contributed by atoms with Crippen molar-refractivity contribution in [3.63, 3.8) is 0 Å². The highest BCUT2D eigenvalue weighted by atomic mass is 16.5. The van der Waals surface area contributed by atoms with E-state index in [4.69, 9.17) is 4.74 Å². The lowest BCUT2D eigenvalue weighted by atomic mass is 10.1. The Balaban J connectivity index is 1.83. The van der Waals surface area contributed by atoms with Crippen LogP contribution in [0, 0.1) is 0 Å². The lowest BCUT2D eigenvalue weighted by Gasteiger charge is -2.05. The number of aryl methyl sites for hydroxylation is 1. The van der Waals surface area contributed by atoms with Gasteiger partial charge in [-0.3, -0.25) is 9.89 Å². The van der Waals surface area contributed by atoms with E-state index in [1.807, 2.05) is 24.3 Å². The van der Waals surface area contributed by atoms with E-state index in [9.17, 15) is 4.79 Å². The molecule has 0 radical (unpaired) electrons. The van der Waals surface area contributed by atoms with Crippen LogP contribution in [0.25, 0.3) is 0 Å². The molecule has 2 rings (SSSR count). The first kappa shape index (κ1) is 15.0. The van der Waals surface area contributed by atoms with Crippen molar-refractivity contribution in [3.05, 3.63) is 41.5 Å². The number of methoxy groups -OCH3 is 1. The molecule has 21 heavy (non-hydrogen) atoms. The van der Waals surface area contributed by atoms with E-state index in [0.717, 1.165) is 36.4 Å². The number of nitrogens with zero attached hydrogens (tertiary/aromatic N) is 2. The molecule has 0 aliphatic heterocycles. The molecule has 2 aromatic rings. The Kier molecular flexibility index (Phi) is 5.31. The molecule has 112 valence electrons. The second-order valence-electron chi connectivity index (χ2n) is 4.71. The van der Waals surface area contributed by atoms with E-state index in [2.05, 4.69) is 27.4 Å². The largest absolute Gasteiger partial charge is 0.497 e. The van der Waals surface area contributed by atoms with Gasteiger partial charge in [-0.15, -0.1) is 5.10 Å². The second kappa shape index (κ2) is 7.42. The molecule has 1 amide bonds. The van der Waals surface area contributed by atoms with Crippen LogP contribution in [0.3, 0.4) is 0 Å². The van der Waals surface area contributed by atoms with Crippen molar-refractivity contribution in [2.45, 2.75) is 26.2 Å². The summed E-state index contributed by atoms with van der Waals surface area (Å²) in [6.45, 7) is 2.58. The van der Waals surface area contributed by atoms with E-state index in [1.54, 1.807) is 7.11 Å². The number of hydrogen-bond acceptors (Lipinski definition) is 4. The third-order valence-corrected chi connectivity index (χ3v) is 3.05. The van der Waals surface area contributed by atoms with Crippen LogP contribution < -0.4 is 10.1 Å². The third kappa shape index (κ3) is 4.30. The maximum atomic E-state index is 11.9. The molecule has 0 unspecified atom stereocenters. The summed E-state index contributed by atoms with van der Waals surface area (Å²) in [4.78, 5) is 16.0. The fourth-order valence-electron chi connectivity index (χ4n) is 1.97. The van der Waals surface area contributed by atoms with Gasteiger partial charge < -0.3 is 10.1 Å². The first-order chi connectivity index (χ1) is 10.2. The molecule has 0 fully saturated rings. The lowest BCUT2D eigenvalue weighted by Crippen LogP contribution is -2.26. The minimum atomic E-state index is -0.253. The number of carbonyl (C=O) groups is 1. The second-order valence-corrected chi connectivity index (χ2v) is 4.71. The van der Waals surface area contributed by atoms with Gasteiger partial charge in [-0.1, -0.05) is 19.1 Å². The van der Waals surface area contributed by atoms with Crippen molar-refractivity contribution in [1.82, 2.24) is 20.5 Å². The van der Waals surface area contributed by atoms with Crippen LogP contribution >= 0.6 is 0 Å². The average Bonchev–Trinajstić information content (AvgIpc) is 2.96. The molecule has 1 aromatic carbocycles. The van der Waals surface area contributed by atoms with Gasteiger partial charge in [-0.25, -0.2) is 4.98 Å². The topological polar surface area (TPSA) is 79.9 Å². The van der Waals surface area contributed by atoms with Gasteiger partial charge in [0.1, 0.15) is 11.6 Å². The summed E-state index contributed by atoms with van der Waals surface area (Å²) in [6, 6.07) is 7.78. The van der Waals surface area contributed by atoms with E-state index in [-0.39, 0.29) is 11.7 Å². The maximum absolute atomic E-state index is 11.9. The molecule has 0 spiro atoms. The van der Waals surface area contributed by atoms with Gasteiger partial charge in [0.15, 0.2) is 0 Å². The number of nitrogens with one attached hydrogen (secondary N) is 2. The Morgan fingerprint density at radius 2 is 2.24 bits per heavy atom. The van der Waals surface area contributed by atoms with E-state index < -0.39 is 0 Å². The Morgan fingerprint density at radius 1 is 1.38 bits per heavy atom. The summed E-state index contributed by atoms with van der Waals surface area (Å²) in [5.41, 5.74) is 1.11. The zero-order valence-electron chi connectivity index (χ0n) is 12.3. The van der Waals surface area contributed by atoms with Crippen LogP contribution in [0.2, 0.25) is 0 Å². The first-order valence-corrected chi connectivity index (χ1v) is 7.05. The monoisotopic (exact) mass is 288 g/mol. The van der Waals surface area contributed by atoms with Crippen molar-refractivity contribution in [2.24, 2.45) is 0 Å². The number of ether oxygens (including phenoxy) is 1. The molecule has 6 nitrogen and oxygen atoms in total. The zero-order valence-corrected chi connectivity index (χ0v) is 12.3. The van der Waals surface area contributed by atoms with Gasteiger partial charge in [-0.2, -0.15) is 0 Å². The molecule has 0 aliphatic rings. The minimum absolute atomic E-state index is 0.198. The molecule has 0 aliphatic carbocycles. The highest BCUT2D eigenvalue weighted by Gasteiger charge is 2.11. The van der Waals surface area contributed by atoms with Crippen LogP contribution in [0.1, 0.15) is 35.4 Å². The Labute approximate surface area is 123 Å². The van der Waals surface area contributed by atoms with Crippen LogP contribution in [0.15, 0.2) is 24.3 Å². The first-order valence-electron chi connectivity index (χ1n) is 7.05. The standard InChI is InChI=1S/C15H20N4O2/c1-3-5-13-17-14(19-18-13)15(20)16-9-8-11-6-4-7-12(10-11)21-2/h4,6-7,10H,3,5,8-9H2,1-2H3,(H,16,20)(H,17,18,19). The van der Waals surface area contributed by atoms with E-state index in [1.165, 1.54) is 0 Å². The molecule has 0 atom stereocenters. The van der Waals surface area contributed by atoms with E-state index in [0.29, 0.717) is 6.54 Å². The number of hydrogen-bond donors (Lipinski definition) is 2. The van der Waals surface area contributed by atoms with Gasteiger partial charge in [0.05, 0.1) is 7.11 Å². The molecule has 0 saturated heterocycles. The fraction of sp³-hybridized carbons (Fsp3) is 0.400. The summed E-state index contributed by atoms with van der Waals surface area (Å²) in [5.74, 6) is 1.51. The Hall–Kier alpha value is -2.37. The zero-order chi connectivity index (χ0) is 15.1. The average molecular weight is 288 g/mol. The van der Waals surface area contributed by atoms with Crippen molar-refractivity contribution in [3.8, 4) is 5.75 Å². The van der Waals surface area contributed by atoms with Gasteiger partial charge in [0.2, 0.25) is 5.82 Å². The van der Waals surface area contributed by atoms with E-state index >= 15 is 0 Å². The van der Waals surface area contributed by atoms with Crippen LogP contribution in [-0.2, 0) is 12.8 Å².